The second-order valence-corrected chi connectivity index (χ2v) is 4.97. The van der Waals surface area contributed by atoms with E-state index in [-0.39, 0.29) is 5.97 Å². The van der Waals surface area contributed by atoms with E-state index in [0.29, 0.717) is 5.56 Å². The highest BCUT2D eigenvalue weighted by atomic mass is 79.9. The van der Waals surface area contributed by atoms with Crippen molar-refractivity contribution in [2.75, 3.05) is 7.11 Å². The van der Waals surface area contributed by atoms with Gasteiger partial charge in [-0.25, -0.2) is 4.79 Å². The minimum atomic E-state index is -0.316. The maximum Gasteiger partial charge on any atom is 0.339 e. The Kier molecular flexibility index (Phi) is 2.59. The normalized spacial score (nSPS) is 11.0. The van der Waals surface area contributed by atoms with Crippen LogP contribution in [0, 0.1) is 0 Å². The Morgan fingerprint density at radius 3 is 2.83 bits per heavy atom. The van der Waals surface area contributed by atoms with Gasteiger partial charge in [-0.3, -0.25) is 0 Å². The number of nitrogens with zero attached hydrogens (tertiary/aromatic N) is 1. The van der Waals surface area contributed by atoms with Crippen LogP contribution in [0.15, 0.2) is 47.1 Å². The second kappa shape index (κ2) is 4.14. The van der Waals surface area contributed by atoms with Crippen LogP contribution in [0.3, 0.4) is 0 Å². The highest BCUT2D eigenvalue weighted by molar-refractivity contribution is 9.10. The van der Waals surface area contributed by atoms with E-state index in [1.165, 1.54) is 7.11 Å². The highest BCUT2D eigenvalue weighted by Gasteiger charge is 2.10. The molecular weight excluding hydrogens is 294 g/mol. The van der Waals surface area contributed by atoms with Crippen LogP contribution in [0.1, 0.15) is 10.4 Å². The summed E-state index contributed by atoms with van der Waals surface area (Å²) >= 11 is 3.45. The monoisotopic (exact) mass is 303 g/mol. The average molecular weight is 304 g/mol. The van der Waals surface area contributed by atoms with Crippen molar-refractivity contribution in [1.29, 1.82) is 0 Å². The molecule has 0 saturated carbocycles. The number of fused-ring (bicyclic) bond motifs is 3. The first-order valence-corrected chi connectivity index (χ1v) is 6.27. The van der Waals surface area contributed by atoms with Gasteiger partial charge in [0.1, 0.15) is 0 Å². The van der Waals surface area contributed by atoms with Gasteiger partial charge in [-0.05, 0) is 35.7 Å². The molecule has 0 unspecified atom stereocenters. The molecule has 1 aromatic carbocycles. The molecular formula is C14H10BrNO2. The lowest BCUT2D eigenvalue weighted by atomic mass is 10.2. The van der Waals surface area contributed by atoms with Gasteiger partial charge in [-0.2, -0.15) is 0 Å². The van der Waals surface area contributed by atoms with Crippen LogP contribution >= 0.6 is 15.9 Å². The summed E-state index contributed by atoms with van der Waals surface area (Å²) in [6, 6.07) is 11.9. The van der Waals surface area contributed by atoms with Gasteiger partial charge in [0, 0.05) is 16.2 Å². The summed E-state index contributed by atoms with van der Waals surface area (Å²) in [6.45, 7) is 0. The van der Waals surface area contributed by atoms with Crippen molar-refractivity contribution < 1.29 is 9.53 Å². The van der Waals surface area contributed by atoms with Gasteiger partial charge in [0.25, 0.3) is 0 Å². The number of halogens is 1. The SMILES string of the molecule is COC(=O)c1cc2ccc3cc(Br)ccc3n2c1. The van der Waals surface area contributed by atoms with Gasteiger partial charge in [-0.15, -0.1) is 0 Å². The molecule has 2 aromatic heterocycles. The molecule has 18 heavy (non-hydrogen) atoms. The van der Waals surface area contributed by atoms with E-state index in [0.717, 1.165) is 20.9 Å². The Labute approximate surface area is 112 Å². The molecule has 0 aliphatic carbocycles. The predicted octanol–water partition coefficient (Wildman–Crippen LogP) is 3.64. The van der Waals surface area contributed by atoms with Gasteiger partial charge >= 0.3 is 5.97 Å². The molecule has 0 aliphatic rings. The first-order valence-electron chi connectivity index (χ1n) is 5.48. The fraction of sp³-hybridized carbons (Fsp3) is 0.0714. The molecule has 0 radical (unpaired) electrons. The maximum atomic E-state index is 11.5. The molecule has 0 aliphatic heterocycles. The number of esters is 1. The van der Waals surface area contributed by atoms with Gasteiger partial charge in [0.05, 0.1) is 18.2 Å². The summed E-state index contributed by atoms with van der Waals surface area (Å²) in [5.41, 5.74) is 2.60. The van der Waals surface area contributed by atoms with E-state index < -0.39 is 0 Å². The number of carbonyl (C=O) groups excluding carboxylic acids is 1. The summed E-state index contributed by atoms with van der Waals surface area (Å²) in [7, 11) is 1.39. The zero-order valence-electron chi connectivity index (χ0n) is 9.68. The molecule has 90 valence electrons. The lowest BCUT2D eigenvalue weighted by Gasteiger charge is -2.02. The topological polar surface area (TPSA) is 30.7 Å². The first-order chi connectivity index (χ1) is 8.69. The van der Waals surface area contributed by atoms with Crippen LogP contribution < -0.4 is 0 Å². The molecule has 4 heteroatoms. The summed E-state index contributed by atoms with van der Waals surface area (Å²) in [5, 5.41) is 1.11. The number of carbonyl (C=O) groups is 1. The number of hydrogen-bond donors (Lipinski definition) is 0. The summed E-state index contributed by atoms with van der Waals surface area (Å²) in [6.07, 6.45) is 1.80. The van der Waals surface area contributed by atoms with Crippen molar-refractivity contribution >= 4 is 38.3 Å². The summed E-state index contributed by atoms with van der Waals surface area (Å²) in [5.74, 6) is -0.316. The number of hydrogen-bond acceptors (Lipinski definition) is 2. The molecule has 3 aromatic rings. The van der Waals surface area contributed by atoms with Crippen LogP contribution in [0.25, 0.3) is 16.4 Å². The van der Waals surface area contributed by atoms with Crippen molar-refractivity contribution in [3.05, 3.63) is 52.6 Å². The Hall–Kier alpha value is -1.81. The van der Waals surface area contributed by atoms with Crippen molar-refractivity contribution in [1.82, 2.24) is 4.40 Å². The molecule has 2 heterocycles. The Morgan fingerprint density at radius 1 is 1.22 bits per heavy atom. The molecule has 0 bridgehead atoms. The van der Waals surface area contributed by atoms with Crippen molar-refractivity contribution in [3.63, 3.8) is 0 Å². The van der Waals surface area contributed by atoms with E-state index in [2.05, 4.69) is 15.9 Å². The van der Waals surface area contributed by atoms with Crippen LogP contribution in [0.2, 0.25) is 0 Å². The van der Waals surface area contributed by atoms with Crippen molar-refractivity contribution in [3.8, 4) is 0 Å². The third-order valence-corrected chi connectivity index (χ3v) is 3.45. The highest BCUT2D eigenvalue weighted by Crippen LogP contribution is 2.23. The first kappa shape index (κ1) is 11.3. The van der Waals surface area contributed by atoms with Gasteiger partial charge in [0.15, 0.2) is 0 Å². The lowest BCUT2D eigenvalue weighted by Crippen LogP contribution is -1.98. The third kappa shape index (κ3) is 1.69. The van der Waals surface area contributed by atoms with Gasteiger partial charge < -0.3 is 9.14 Å². The molecule has 0 amide bonds. The van der Waals surface area contributed by atoms with E-state index in [4.69, 9.17) is 4.74 Å². The number of ether oxygens (including phenoxy) is 1. The Morgan fingerprint density at radius 2 is 2.06 bits per heavy atom. The number of aromatic nitrogens is 1. The minimum absolute atomic E-state index is 0.316. The van der Waals surface area contributed by atoms with Crippen molar-refractivity contribution in [2.45, 2.75) is 0 Å². The Bertz CT molecular complexity index is 761. The maximum absolute atomic E-state index is 11.5. The molecule has 0 spiro atoms. The molecule has 0 fully saturated rings. The minimum Gasteiger partial charge on any atom is -0.465 e. The van der Waals surface area contributed by atoms with E-state index in [1.54, 1.807) is 6.20 Å². The van der Waals surface area contributed by atoms with Crippen LogP contribution in [-0.4, -0.2) is 17.5 Å². The van der Waals surface area contributed by atoms with Crippen LogP contribution in [0.4, 0.5) is 0 Å². The average Bonchev–Trinajstić information content (AvgIpc) is 2.81. The Balaban J connectivity index is 2.33. The zero-order valence-corrected chi connectivity index (χ0v) is 11.3. The number of rotatable bonds is 1. The summed E-state index contributed by atoms with van der Waals surface area (Å²) in [4.78, 5) is 11.5. The van der Waals surface area contributed by atoms with Crippen molar-refractivity contribution in [2.24, 2.45) is 0 Å². The van der Waals surface area contributed by atoms with E-state index in [1.807, 2.05) is 40.8 Å². The van der Waals surface area contributed by atoms with E-state index >= 15 is 0 Å². The fourth-order valence-corrected chi connectivity index (χ4v) is 2.48. The second-order valence-electron chi connectivity index (χ2n) is 4.05. The lowest BCUT2D eigenvalue weighted by molar-refractivity contribution is 0.0601. The quantitative estimate of drug-likeness (QED) is 0.643. The van der Waals surface area contributed by atoms with Crippen LogP contribution in [-0.2, 0) is 4.74 Å². The molecule has 3 nitrogen and oxygen atoms in total. The smallest absolute Gasteiger partial charge is 0.339 e. The standard InChI is InChI=1S/C14H10BrNO2/c1-18-14(17)10-7-12-4-2-9-6-11(15)3-5-13(9)16(12)8-10/h2-8H,1H3. The van der Waals surface area contributed by atoms with Crippen LogP contribution in [0.5, 0.6) is 0 Å². The largest absolute Gasteiger partial charge is 0.465 e. The van der Waals surface area contributed by atoms with Gasteiger partial charge in [0.2, 0.25) is 0 Å². The summed E-state index contributed by atoms with van der Waals surface area (Å²) < 4.78 is 7.77. The molecule has 0 atom stereocenters. The molecule has 0 saturated heterocycles. The molecule has 0 N–H and O–H groups in total. The number of methoxy groups -OCH3 is 1. The molecule has 3 rings (SSSR count). The zero-order chi connectivity index (χ0) is 12.7. The number of pyridine rings is 1. The van der Waals surface area contributed by atoms with Gasteiger partial charge in [-0.1, -0.05) is 22.0 Å². The fourth-order valence-electron chi connectivity index (χ4n) is 2.10. The predicted molar refractivity (Wildman–Crippen MR) is 73.9 cm³/mol. The third-order valence-electron chi connectivity index (χ3n) is 2.95. The van der Waals surface area contributed by atoms with E-state index in [9.17, 15) is 4.79 Å². The number of benzene rings is 1.